The van der Waals surface area contributed by atoms with Crippen molar-refractivity contribution >= 4 is 50.5 Å². The van der Waals surface area contributed by atoms with Crippen molar-refractivity contribution in [2.24, 2.45) is 0 Å². The normalized spacial score (nSPS) is 18.1. The number of benzene rings is 8. The first kappa shape index (κ1) is 33.0. The maximum Gasteiger partial charge on any atom is 0.350 e. The second kappa shape index (κ2) is 10.5. The van der Waals surface area contributed by atoms with E-state index >= 15 is 0 Å². The predicted octanol–water partition coefficient (Wildman–Crippen LogP) is 12.5. The van der Waals surface area contributed by atoms with Crippen molar-refractivity contribution in [1.82, 2.24) is 9.27 Å². The summed E-state index contributed by atoms with van der Waals surface area (Å²) in [6, 6.07) is 73.3. The number of fused-ring (bicyclic) bond motifs is 18. The first-order chi connectivity index (χ1) is 32.8. The van der Waals surface area contributed by atoms with Crippen LogP contribution in [0.15, 0.2) is 207 Å². The van der Waals surface area contributed by atoms with E-state index in [1.165, 1.54) is 94.4 Å². The second-order valence-electron chi connectivity index (χ2n) is 18.9. The summed E-state index contributed by atoms with van der Waals surface area (Å²) in [6.07, 6.45) is 4.65. The van der Waals surface area contributed by atoms with Gasteiger partial charge in [-0.15, -0.1) is 0 Å². The molecule has 8 aromatic carbocycles. The molecule has 6 nitrogen and oxygen atoms in total. The van der Waals surface area contributed by atoms with Gasteiger partial charge in [-0.3, -0.25) is 0 Å². The van der Waals surface area contributed by atoms with Crippen LogP contribution in [0, 0.1) is 0 Å². The molecule has 7 aliphatic rings. The van der Waals surface area contributed by atoms with E-state index in [0.29, 0.717) is 0 Å². The molecule has 0 N–H and O–H groups in total. The molecule has 3 aromatic heterocycles. The molecule has 0 radical (unpaired) electrons. The van der Waals surface area contributed by atoms with E-state index in [0.717, 1.165) is 40.0 Å². The first-order valence-electron chi connectivity index (χ1n) is 23.0. The molecule has 0 saturated carbocycles. The summed E-state index contributed by atoms with van der Waals surface area (Å²) in [4.78, 5) is 2.54. The Morgan fingerprint density at radius 2 is 0.924 bits per heavy atom. The number of hydrogen-bond donors (Lipinski definition) is 0. The van der Waals surface area contributed by atoms with Crippen LogP contribution in [-0.2, 0) is 10.8 Å². The van der Waals surface area contributed by atoms with Gasteiger partial charge in [-0.1, -0.05) is 133 Å². The molecule has 6 heteroatoms. The van der Waals surface area contributed by atoms with Crippen molar-refractivity contribution in [1.29, 1.82) is 0 Å². The van der Waals surface area contributed by atoms with Crippen LogP contribution in [0.4, 0.5) is 28.6 Å². The third kappa shape index (κ3) is 3.06. The van der Waals surface area contributed by atoms with E-state index in [4.69, 9.17) is 4.74 Å². The van der Waals surface area contributed by atoms with Crippen LogP contribution < -0.4 is 23.7 Å². The minimum atomic E-state index is -0.588. The van der Waals surface area contributed by atoms with Crippen LogP contribution in [-0.4, -0.2) is 4.57 Å². The molecule has 0 bridgehead atoms. The minimum absolute atomic E-state index is 0.244. The Morgan fingerprint density at radius 1 is 0.394 bits per heavy atom. The summed E-state index contributed by atoms with van der Waals surface area (Å²) < 4.78 is 15.4. The van der Waals surface area contributed by atoms with Crippen molar-refractivity contribution in [3.05, 3.63) is 251 Å². The summed E-state index contributed by atoms with van der Waals surface area (Å²) in [5.41, 5.74) is 22.4. The lowest BCUT2D eigenvalue weighted by Gasteiger charge is -2.46. The van der Waals surface area contributed by atoms with Gasteiger partial charge in [0.1, 0.15) is 11.2 Å². The summed E-state index contributed by atoms with van der Waals surface area (Å²) in [5, 5.41) is 2.47. The number of quaternary nitrogens is 1. The molecule has 3 spiro atoms. The van der Waals surface area contributed by atoms with Crippen LogP contribution >= 0.6 is 0 Å². The molecule has 1 atom stereocenters. The lowest BCUT2D eigenvalue weighted by molar-refractivity contribution is -1.03. The molecule has 1 unspecified atom stereocenters. The Kier molecular flexibility index (Phi) is 5.25. The van der Waals surface area contributed by atoms with Crippen LogP contribution in [0.2, 0.25) is 0 Å². The van der Waals surface area contributed by atoms with Crippen LogP contribution in [0.3, 0.4) is 0 Å². The molecule has 18 rings (SSSR count). The molecule has 0 saturated heterocycles. The van der Waals surface area contributed by atoms with Crippen LogP contribution in [0.25, 0.3) is 49.9 Å². The fourth-order valence-corrected chi connectivity index (χ4v) is 14.6. The summed E-state index contributed by atoms with van der Waals surface area (Å²) in [7, 11) is 0. The number of hydrogen-bond acceptors (Lipinski definition) is 2. The summed E-state index contributed by atoms with van der Waals surface area (Å²) in [5.74, 6) is 2.83. The third-order valence-corrected chi connectivity index (χ3v) is 16.6. The Hall–Kier alpha value is -8.58. The van der Waals surface area contributed by atoms with Crippen molar-refractivity contribution in [3.8, 4) is 39.4 Å². The molecular formula is C60H34N5O+3. The molecule has 11 aromatic rings. The highest BCUT2D eigenvalue weighted by Crippen LogP contribution is 2.70. The Morgan fingerprint density at radius 3 is 1.64 bits per heavy atom. The molecule has 8 heterocycles. The lowest BCUT2D eigenvalue weighted by Crippen LogP contribution is -2.87. The van der Waals surface area contributed by atoms with Gasteiger partial charge >= 0.3 is 22.8 Å². The predicted molar refractivity (Wildman–Crippen MR) is 256 cm³/mol. The zero-order chi connectivity index (χ0) is 42.4. The van der Waals surface area contributed by atoms with E-state index in [9.17, 15) is 0 Å². The van der Waals surface area contributed by atoms with Gasteiger partial charge in [0.25, 0.3) is 0 Å². The van der Waals surface area contributed by atoms with Crippen molar-refractivity contribution in [2.45, 2.75) is 10.8 Å². The monoisotopic (exact) mass is 840 g/mol. The van der Waals surface area contributed by atoms with E-state index in [1.54, 1.807) is 0 Å². The third-order valence-electron chi connectivity index (χ3n) is 16.6. The number of rotatable bonds is 0. The summed E-state index contributed by atoms with van der Waals surface area (Å²) >= 11 is 0. The first-order valence-corrected chi connectivity index (χ1v) is 23.0. The zero-order valence-corrected chi connectivity index (χ0v) is 35.3. The second-order valence-corrected chi connectivity index (χ2v) is 18.9. The Labute approximate surface area is 378 Å². The van der Waals surface area contributed by atoms with Crippen LogP contribution in [0.1, 0.15) is 44.5 Å². The highest BCUT2D eigenvalue weighted by Gasteiger charge is 2.72. The van der Waals surface area contributed by atoms with Gasteiger partial charge < -0.3 is 4.74 Å². The Bertz CT molecular complexity index is 4110. The SMILES string of the molecule is c1ccc2c(c1)-c1ccccc1C21c2ccccc2N2c3cccc4c3[N+]3(c5c(ccc6c5-n5c7c(cccc7c7ccc[n+]3c75)C63c5ccccc5-c5ccccc53)O4)[n+]3cccc1c32. The zero-order valence-electron chi connectivity index (χ0n) is 35.3. The molecule has 66 heavy (non-hydrogen) atoms. The largest absolute Gasteiger partial charge is 0.444 e. The number of nitrogens with zero attached hydrogens (tertiary/aromatic N) is 5. The maximum absolute atomic E-state index is 7.38. The maximum atomic E-state index is 7.38. The molecule has 0 amide bonds. The number of para-hydroxylation sites is 3. The van der Waals surface area contributed by atoms with Gasteiger partial charge in [-0.05, 0) is 115 Å². The summed E-state index contributed by atoms with van der Waals surface area (Å²) in [6.45, 7) is 0. The number of ether oxygens (including phenoxy) is 1. The lowest BCUT2D eigenvalue weighted by atomic mass is 9.65. The van der Waals surface area contributed by atoms with Crippen molar-refractivity contribution in [3.63, 3.8) is 0 Å². The average Bonchev–Trinajstić information content (AvgIpc) is 3.99. The van der Waals surface area contributed by atoms with E-state index in [2.05, 4.69) is 225 Å². The Balaban J connectivity index is 1.08. The number of aromatic nitrogens is 3. The smallest absolute Gasteiger partial charge is 0.350 e. The van der Waals surface area contributed by atoms with Gasteiger partial charge in [0.05, 0.1) is 26.5 Å². The van der Waals surface area contributed by atoms with E-state index in [1.807, 2.05) is 0 Å². The number of pyridine rings is 2. The minimum Gasteiger partial charge on any atom is -0.444 e. The highest BCUT2D eigenvalue weighted by atomic mass is 16.5. The topological polar surface area (TPSA) is 25.2 Å². The fraction of sp³-hybridized carbons (Fsp3) is 0.0333. The van der Waals surface area contributed by atoms with Gasteiger partial charge in [0.2, 0.25) is 22.9 Å². The molecule has 302 valence electrons. The molecule has 0 fully saturated rings. The highest BCUT2D eigenvalue weighted by molar-refractivity contribution is 6.13. The van der Waals surface area contributed by atoms with Crippen molar-refractivity contribution in [2.75, 3.05) is 4.90 Å². The van der Waals surface area contributed by atoms with Gasteiger partial charge in [0, 0.05) is 22.1 Å². The van der Waals surface area contributed by atoms with Crippen molar-refractivity contribution < 1.29 is 14.1 Å². The number of anilines is 3. The van der Waals surface area contributed by atoms with Gasteiger partial charge in [-0.2, -0.15) is 9.47 Å². The van der Waals surface area contributed by atoms with Gasteiger partial charge in [0.15, 0.2) is 12.4 Å². The van der Waals surface area contributed by atoms with E-state index < -0.39 is 10.8 Å². The quantitative estimate of drug-likeness (QED) is 0.112. The van der Waals surface area contributed by atoms with Crippen LogP contribution in [0.5, 0.6) is 11.5 Å². The van der Waals surface area contributed by atoms with Gasteiger partial charge in [-0.25, -0.2) is 0 Å². The molecular weight excluding hydrogens is 807 g/mol. The van der Waals surface area contributed by atoms with E-state index in [-0.39, 0.29) is 4.70 Å². The average molecular weight is 841 g/mol. The standard InChI is InChI=1S/C60H34N5O/c1-5-21-41-35(15-1)36-16-2-6-22-42(36)59(41)45-25-9-10-28-49(45)63-50-29-12-30-51-55(50)65(62-34-14-27-48(59)58(62)63)56-52(66-51)32-31-47-54(56)64-53-39(40-20-13-33-61(65)57(40)64)19-11-26-46(53)60(47)43-23-7-3-17-37(43)38-18-4-8-24-44(38)60/h1-34H/q+3. The molecule has 2 aliphatic carbocycles. The fourth-order valence-electron chi connectivity index (χ4n) is 14.6. The molecule has 5 aliphatic heterocycles.